The fourth-order valence-electron chi connectivity index (χ4n) is 1.86. The zero-order valence-corrected chi connectivity index (χ0v) is 16.8. The lowest BCUT2D eigenvalue weighted by atomic mass is 10.1. The SMILES string of the molecule is CN=C(NCCc1cccc(F)c1)NCc1ccc(Br)s1.I. The van der Waals surface area contributed by atoms with Crippen molar-refractivity contribution < 1.29 is 4.39 Å². The van der Waals surface area contributed by atoms with Gasteiger partial charge >= 0.3 is 0 Å². The van der Waals surface area contributed by atoms with Gasteiger partial charge in [0.25, 0.3) is 0 Å². The lowest BCUT2D eigenvalue weighted by Gasteiger charge is -2.11. The van der Waals surface area contributed by atoms with Crippen molar-refractivity contribution in [1.29, 1.82) is 0 Å². The van der Waals surface area contributed by atoms with Crippen molar-refractivity contribution in [1.82, 2.24) is 10.6 Å². The largest absolute Gasteiger partial charge is 0.356 e. The van der Waals surface area contributed by atoms with Gasteiger partial charge in [-0.25, -0.2) is 4.39 Å². The second-order valence-electron chi connectivity index (χ2n) is 4.44. The minimum Gasteiger partial charge on any atom is -0.356 e. The number of hydrogen-bond acceptors (Lipinski definition) is 2. The zero-order valence-electron chi connectivity index (χ0n) is 12.1. The topological polar surface area (TPSA) is 36.4 Å². The molecule has 0 amide bonds. The molecule has 0 aliphatic heterocycles. The van der Waals surface area contributed by atoms with Crippen molar-refractivity contribution in [3.8, 4) is 0 Å². The highest BCUT2D eigenvalue weighted by Crippen LogP contribution is 2.21. The van der Waals surface area contributed by atoms with E-state index in [2.05, 4.69) is 37.6 Å². The summed E-state index contributed by atoms with van der Waals surface area (Å²) in [5.41, 5.74) is 0.972. The van der Waals surface area contributed by atoms with Gasteiger partial charge in [-0.2, -0.15) is 0 Å². The van der Waals surface area contributed by atoms with Crippen LogP contribution >= 0.6 is 51.2 Å². The lowest BCUT2D eigenvalue weighted by Crippen LogP contribution is -2.37. The molecule has 2 N–H and O–H groups in total. The van der Waals surface area contributed by atoms with E-state index in [0.29, 0.717) is 6.54 Å². The normalized spacial score (nSPS) is 11.0. The number of guanidine groups is 1. The molecule has 0 bridgehead atoms. The summed E-state index contributed by atoms with van der Waals surface area (Å²) in [7, 11) is 1.74. The highest BCUT2D eigenvalue weighted by atomic mass is 127. The van der Waals surface area contributed by atoms with Gasteiger partial charge in [-0.05, 0) is 52.2 Å². The summed E-state index contributed by atoms with van der Waals surface area (Å²) in [6.45, 7) is 1.44. The van der Waals surface area contributed by atoms with Crippen molar-refractivity contribution in [2.45, 2.75) is 13.0 Å². The van der Waals surface area contributed by atoms with E-state index in [1.165, 1.54) is 10.9 Å². The Morgan fingerprint density at radius 3 is 2.73 bits per heavy atom. The molecular formula is C15H18BrFIN3S. The molecule has 2 rings (SSSR count). The number of benzene rings is 1. The Balaban J connectivity index is 0.00000242. The first-order valence-corrected chi connectivity index (χ1v) is 8.21. The van der Waals surface area contributed by atoms with Crippen molar-refractivity contribution in [3.63, 3.8) is 0 Å². The maximum atomic E-state index is 13.1. The zero-order chi connectivity index (χ0) is 15.1. The summed E-state index contributed by atoms with van der Waals surface area (Å²) in [5.74, 6) is 0.550. The van der Waals surface area contributed by atoms with Crippen LogP contribution in [0.15, 0.2) is 45.2 Å². The molecule has 0 aliphatic carbocycles. The molecule has 3 nitrogen and oxygen atoms in total. The molecule has 0 fully saturated rings. The number of hydrogen-bond donors (Lipinski definition) is 2. The average Bonchev–Trinajstić information content (AvgIpc) is 2.88. The molecule has 7 heteroatoms. The number of rotatable bonds is 5. The molecule has 1 aromatic heterocycles. The molecule has 0 atom stereocenters. The van der Waals surface area contributed by atoms with Crippen LogP contribution in [0.2, 0.25) is 0 Å². The van der Waals surface area contributed by atoms with Crippen LogP contribution < -0.4 is 10.6 Å². The number of nitrogens with zero attached hydrogens (tertiary/aromatic N) is 1. The predicted octanol–water partition coefficient (Wildman–Crippen LogP) is 4.18. The molecule has 2 aromatic rings. The summed E-state index contributed by atoms with van der Waals surface area (Å²) in [5, 5.41) is 6.47. The first kappa shape index (κ1) is 19.4. The van der Waals surface area contributed by atoms with Gasteiger partial charge in [0, 0.05) is 18.5 Å². The standard InChI is InChI=1S/C15H17BrFN3S.HI/c1-18-15(20-10-13-5-6-14(16)21-13)19-8-7-11-3-2-4-12(17)9-11;/h2-6,9H,7-8,10H2,1H3,(H2,18,19,20);1H. The van der Waals surface area contributed by atoms with Crippen LogP contribution in [0.5, 0.6) is 0 Å². The summed E-state index contributed by atoms with van der Waals surface area (Å²) in [6, 6.07) is 10.8. The van der Waals surface area contributed by atoms with Crippen LogP contribution in [-0.2, 0) is 13.0 Å². The third kappa shape index (κ3) is 6.62. The molecular weight excluding hydrogens is 480 g/mol. The molecule has 0 saturated carbocycles. The van der Waals surface area contributed by atoms with Crippen LogP contribution in [0.4, 0.5) is 4.39 Å². The Hall–Kier alpha value is -0.670. The fourth-order valence-corrected chi connectivity index (χ4v) is 3.28. The van der Waals surface area contributed by atoms with E-state index in [-0.39, 0.29) is 29.8 Å². The summed E-state index contributed by atoms with van der Waals surface area (Å²) in [4.78, 5) is 5.40. The van der Waals surface area contributed by atoms with Gasteiger partial charge in [-0.3, -0.25) is 4.99 Å². The van der Waals surface area contributed by atoms with Crippen molar-refractivity contribution >= 4 is 57.2 Å². The first-order chi connectivity index (χ1) is 10.2. The summed E-state index contributed by atoms with van der Waals surface area (Å²) in [6.07, 6.45) is 0.753. The van der Waals surface area contributed by atoms with Crippen LogP contribution in [0.1, 0.15) is 10.4 Å². The third-order valence-corrected chi connectivity index (χ3v) is 4.50. The highest BCUT2D eigenvalue weighted by Gasteiger charge is 2.01. The second kappa shape index (κ2) is 10.2. The minimum absolute atomic E-state index is 0. The van der Waals surface area contributed by atoms with Gasteiger partial charge in [-0.1, -0.05) is 12.1 Å². The van der Waals surface area contributed by atoms with E-state index in [9.17, 15) is 4.39 Å². The number of nitrogens with one attached hydrogen (secondary N) is 2. The number of thiophene rings is 1. The Bertz CT molecular complexity index is 618. The molecule has 0 saturated heterocycles. The van der Waals surface area contributed by atoms with Gasteiger partial charge in [0.2, 0.25) is 0 Å². The third-order valence-electron chi connectivity index (χ3n) is 2.88. The summed E-state index contributed by atoms with van der Waals surface area (Å²) < 4.78 is 14.2. The van der Waals surface area contributed by atoms with E-state index in [4.69, 9.17) is 0 Å². The Labute approximate surface area is 159 Å². The van der Waals surface area contributed by atoms with Crippen molar-refractivity contribution in [2.24, 2.45) is 4.99 Å². The van der Waals surface area contributed by atoms with Gasteiger partial charge in [0.05, 0.1) is 10.3 Å². The number of halogens is 3. The van der Waals surface area contributed by atoms with Gasteiger partial charge in [0.15, 0.2) is 5.96 Å². The maximum absolute atomic E-state index is 13.1. The van der Waals surface area contributed by atoms with Gasteiger partial charge in [0.1, 0.15) is 5.82 Å². The molecule has 0 radical (unpaired) electrons. The fraction of sp³-hybridized carbons (Fsp3) is 0.267. The van der Waals surface area contributed by atoms with Crippen molar-refractivity contribution in [2.75, 3.05) is 13.6 Å². The molecule has 1 aromatic carbocycles. The molecule has 0 unspecified atom stereocenters. The van der Waals surface area contributed by atoms with Crippen LogP contribution in [-0.4, -0.2) is 19.6 Å². The first-order valence-electron chi connectivity index (χ1n) is 6.60. The lowest BCUT2D eigenvalue weighted by molar-refractivity contribution is 0.625. The monoisotopic (exact) mass is 497 g/mol. The summed E-state index contributed by atoms with van der Waals surface area (Å²) >= 11 is 5.14. The van der Waals surface area contributed by atoms with Crippen LogP contribution in [0.25, 0.3) is 0 Å². The van der Waals surface area contributed by atoms with E-state index < -0.39 is 0 Å². The van der Waals surface area contributed by atoms with Crippen molar-refractivity contribution in [3.05, 3.63) is 56.4 Å². The van der Waals surface area contributed by atoms with E-state index >= 15 is 0 Å². The Morgan fingerprint density at radius 2 is 2.09 bits per heavy atom. The van der Waals surface area contributed by atoms with E-state index in [0.717, 1.165) is 28.3 Å². The van der Waals surface area contributed by atoms with Crippen LogP contribution in [0, 0.1) is 5.82 Å². The number of aliphatic imine (C=N–C) groups is 1. The van der Waals surface area contributed by atoms with Gasteiger partial charge in [-0.15, -0.1) is 35.3 Å². The molecule has 22 heavy (non-hydrogen) atoms. The Kier molecular flexibility index (Phi) is 8.96. The predicted molar refractivity (Wildman–Crippen MR) is 106 cm³/mol. The minimum atomic E-state index is -0.196. The molecule has 0 aliphatic rings. The quantitative estimate of drug-likeness (QED) is 0.369. The molecule has 1 heterocycles. The molecule has 120 valence electrons. The average molecular weight is 498 g/mol. The Morgan fingerprint density at radius 1 is 1.27 bits per heavy atom. The highest BCUT2D eigenvalue weighted by molar-refractivity contribution is 14.0. The molecule has 0 spiro atoms. The smallest absolute Gasteiger partial charge is 0.191 e. The van der Waals surface area contributed by atoms with Gasteiger partial charge < -0.3 is 10.6 Å². The maximum Gasteiger partial charge on any atom is 0.191 e. The van der Waals surface area contributed by atoms with E-state index in [1.54, 1.807) is 30.5 Å². The second-order valence-corrected chi connectivity index (χ2v) is 6.99. The van der Waals surface area contributed by atoms with Crippen LogP contribution in [0.3, 0.4) is 0 Å². The van der Waals surface area contributed by atoms with E-state index in [1.807, 2.05) is 12.1 Å².